The van der Waals surface area contributed by atoms with E-state index >= 15 is 0 Å². The second-order valence-corrected chi connectivity index (χ2v) is 5.88. The Bertz CT molecular complexity index is 636. The summed E-state index contributed by atoms with van der Waals surface area (Å²) < 4.78 is 2.05. The first-order chi connectivity index (χ1) is 10.0. The van der Waals surface area contributed by atoms with E-state index in [9.17, 15) is 4.79 Å². The van der Waals surface area contributed by atoms with Crippen LogP contribution >= 0.6 is 11.8 Å². The molecule has 0 spiro atoms. The molecule has 0 aliphatic heterocycles. The van der Waals surface area contributed by atoms with Gasteiger partial charge in [0.25, 0.3) is 0 Å². The first-order valence-electron chi connectivity index (χ1n) is 6.86. The van der Waals surface area contributed by atoms with Crippen molar-refractivity contribution >= 4 is 17.7 Å². The molecule has 2 rings (SSSR count). The Morgan fingerprint density at radius 2 is 2.00 bits per heavy atom. The highest BCUT2D eigenvalue weighted by atomic mass is 32.2. The lowest BCUT2D eigenvalue weighted by atomic mass is 10.1. The maximum atomic E-state index is 11.7. The molecule has 0 saturated carbocycles. The fraction of sp³-hybridized carbons (Fsp3) is 0.400. The van der Waals surface area contributed by atoms with Crippen molar-refractivity contribution in [2.24, 2.45) is 0 Å². The van der Waals surface area contributed by atoms with E-state index in [1.54, 1.807) is 19.0 Å². The zero-order valence-electron chi connectivity index (χ0n) is 12.8. The summed E-state index contributed by atoms with van der Waals surface area (Å²) >= 11 is 1.43. The lowest BCUT2D eigenvalue weighted by Crippen LogP contribution is -2.23. The lowest BCUT2D eigenvalue weighted by molar-refractivity contribution is -0.125. The van der Waals surface area contributed by atoms with Crippen LogP contribution in [0.4, 0.5) is 0 Å². The normalized spacial score (nSPS) is 10.7. The van der Waals surface area contributed by atoms with E-state index in [1.807, 2.05) is 18.2 Å². The van der Waals surface area contributed by atoms with Crippen molar-refractivity contribution in [3.8, 4) is 11.4 Å². The van der Waals surface area contributed by atoms with Gasteiger partial charge in [0.05, 0.1) is 5.75 Å². The molecule has 5 nitrogen and oxygen atoms in total. The predicted octanol–water partition coefficient (Wildman–Crippen LogP) is 2.45. The van der Waals surface area contributed by atoms with Gasteiger partial charge in [-0.1, -0.05) is 36.0 Å². The summed E-state index contributed by atoms with van der Waals surface area (Å²) in [7, 11) is 3.51. The standard InChI is InChI=1S/C15H20N4OS/c1-5-19-14(12-9-7-6-8-11(12)2)16-17-15(19)21-10-13(20)18(3)4/h6-9H,5,10H2,1-4H3. The van der Waals surface area contributed by atoms with Gasteiger partial charge in [0.1, 0.15) is 0 Å². The van der Waals surface area contributed by atoms with Crippen LogP contribution < -0.4 is 0 Å². The van der Waals surface area contributed by atoms with Crippen molar-refractivity contribution in [3.63, 3.8) is 0 Å². The Hall–Kier alpha value is -1.82. The van der Waals surface area contributed by atoms with E-state index in [1.165, 1.54) is 17.3 Å². The molecule has 6 heteroatoms. The van der Waals surface area contributed by atoms with Crippen LogP contribution in [0, 0.1) is 6.92 Å². The van der Waals surface area contributed by atoms with E-state index in [2.05, 4.69) is 34.7 Å². The van der Waals surface area contributed by atoms with Crippen LogP contribution in [0.5, 0.6) is 0 Å². The topological polar surface area (TPSA) is 51.0 Å². The average Bonchev–Trinajstić information content (AvgIpc) is 2.87. The number of aryl methyl sites for hydroxylation is 1. The third-order valence-corrected chi connectivity index (χ3v) is 4.19. The third-order valence-electron chi connectivity index (χ3n) is 3.24. The van der Waals surface area contributed by atoms with Crippen LogP contribution in [-0.4, -0.2) is 45.4 Å². The quantitative estimate of drug-likeness (QED) is 0.796. The van der Waals surface area contributed by atoms with Crippen LogP contribution in [0.1, 0.15) is 12.5 Å². The van der Waals surface area contributed by atoms with Crippen molar-refractivity contribution in [1.82, 2.24) is 19.7 Å². The molecule has 1 aromatic heterocycles. The molecule has 0 atom stereocenters. The van der Waals surface area contributed by atoms with E-state index in [-0.39, 0.29) is 5.91 Å². The number of carbonyl (C=O) groups excluding carboxylic acids is 1. The molecule has 0 aliphatic carbocycles. The van der Waals surface area contributed by atoms with Gasteiger partial charge in [-0.05, 0) is 19.4 Å². The molecule has 2 aromatic rings. The van der Waals surface area contributed by atoms with Gasteiger partial charge in [-0.2, -0.15) is 0 Å². The smallest absolute Gasteiger partial charge is 0.232 e. The fourth-order valence-electron chi connectivity index (χ4n) is 1.96. The molecule has 1 aromatic carbocycles. The Morgan fingerprint density at radius 1 is 1.29 bits per heavy atom. The fourth-order valence-corrected chi connectivity index (χ4v) is 2.94. The Kier molecular flexibility index (Phi) is 5.01. The number of hydrogen-bond acceptors (Lipinski definition) is 4. The Morgan fingerprint density at radius 3 is 2.62 bits per heavy atom. The highest BCUT2D eigenvalue weighted by molar-refractivity contribution is 7.99. The molecular weight excluding hydrogens is 284 g/mol. The molecule has 0 unspecified atom stereocenters. The van der Waals surface area contributed by atoms with Crippen molar-refractivity contribution < 1.29 is 4.79 Å². The van der Waals surface area contributed by atoms with Crippen LogP contribution in [0.3, 0.4) is 0 Å². The molecule has 21 heavy (non-hydrogen) atoms. The minimum atomic E-state index is 0.0723. The van der Waals surface area contributed by atoms with E-state index in [4.69, 9.17) is 0 Å². The van der Waals surface area contributed by atoms with E-state index < -0.39 is 0 Å². The van der Waals surface area contributed by atoms with Gasteiger partial charge in [0.2, 0.25) is 5.91 Å². The SMILES string of the molecule is CCn1c(SCC(=O)N(C)C)nnc1-c1ccccc1C. The molecule has 0 radical (unpaired) electrons. The maximum absolute atomic E-state index is 11.7. The van der Waals surface area contributed by atoms with E-state index in [0.29, 0.717) is 5.75 Å². The summed E-state index contributed by atoms with van der Waals surface area (Å²) in [5.74, 6) is 1.30. The second kappa shape index (κ2) is 6.76. The summed E-state index contributed by atoms with van der Waals surface area (Å²) in [6, 6.07) is 8.12. The molecule has 0 fully saturated rings. The highest BCUT2D eigenvalue weighted by Crippen LogP contribution is 2.26. The number of hydrogen-bond donors (Lipinski definition) is 0. The summed E-state index contributed by atoms with van der Waals surface area (Å²) in [5, 5.41) is 9.33. The number of benzene rings is 1. The summed E-state index contributed by atoms with van der Waals surface area (Å²) in [6.45, 7) is 4.89. The Balaban J connectivity index is 2.27. The maximum Gasteiger partial charge on any atom is 0.232 e. The average molecular weight is 304 g/mol. The molecule has 0 bridgehead atoms. The summed E-state index contributed by atoms with van der Waals surface area (Å²) in [6.07, 6.45) is 0. The molecule has 1 heterocycles. The summed E-state index contributed by atoms with van der Waals surface area (Å²) in [4.78, 5) is 13.3. The predicted molar refractivity (Wildman–Crippen MR) is 85.3 cm³/mol. The first kappa shape index (κ1) is 15.6. The lowest BCUT2D eigenvalue weighted by Gasteiger charge is -2.11. The van der Waals surface area contributed by atoms with Gasteiger partial charge in [0.15, 0.2) is 11.0 Å². The van der Waals surface area contributed by atoms with Crippen molar-refractivity contribution in [2.75, 3.05) is 19.8 Å². The monoisotopic (exact) mass is 304 g/mol. The highest BCUT2D eigenvalue weighted by Gasteiger charge is 2.16. The zero-order valence-corrected chi connectivity index (χ0v) is 13.6. The molecule has 0 N–H and O–H groups in total. The van der Waals surface area contributed by atoms with E-state index in [0.717, 1.165) is 23.1 Å². The van der Waals surface area contributed by atoms with Gasteiger partial charge in [-0.25, -0.2) is 0 Å². The number of aromatic nitrogens is 3. The van der Waals surface area contributed by atoms with Crippen molar-refractivity contribution in [2.45, 2.75) is 25.5 Å². The second-order valence-electron chi connectivity index (χ2n) is 4.94. The molecular formula is C15H20N4OS. The minimum Gasteiger partial charge on any atom is -0.348 e. The minimum absolute atomic E-state index is 0.0723. The van der Waals surface area contributed by atoms with Gasteiger partial charge in [-0.3, -0.25) is 4.79 Å². The van der Waals surface area contributed by atoms with Crippen LogP contribution in [0.2, 0.25) is 0 Å². The van der Waals surface area contributed by atoms with Crippen LogP contribution in [0.15, 0.2) is 29.4 Å². The van der Waals surface area contributed by atoms with Crippen molar-refractivity contribution in [3.05, 3.63) is 29.8 Å². The molecule has 0 saturated heterocycles. The van der Waals surface area contributed by atoms with Gasteiger partial charge < -0.3 is 9.47 Å². The van der Waals surface area contributed by atoms with Gasteiger partial charge in [-0.15, -0.1) is 10.2 Å². The number of amides is 1. The largest absolute Gasteiger partial charge is 0.348 e. The number of nitrogens with zero attached hydrogens (tertiary/aromatic N) is 4. The number of carbonyl (C=O) groups is 1. The van der Waals surface area contributed by atoms with Crippen molar-refractivity contribution in [1.29, 1.82) is 0 Å². The van der Waals surface area contributed by atoms with Crippen LogP contribution in [0.25, 0.3) is 11.4 Å². The van der Waals surface area contributed by atoms with Crippen LogP contribution in [-0.2, 0) is 11.3 Å². The first-order valence-corrected chi connectivity index (χ1v) is 7.85. The van der Waals surface area contributed by atoms with Gasteiger partial charge >= 0.3 is 0 Å². The van der Waals surface area contributed by atoms with Gasteiger partial charge in [0, 0.05) is 26.2 Å². The number of rotatable bonds is 5. The molecule has 0 aliphatic rings. The third kappa shape index (κ3) is 3.44. The molecule has 1 amide bonds. The Labute approximate surface area is 129 Å². The number of thioether (sulfide) groups is 1. The summed E-state index contributed by atoms with van der Waals surface area (Å²) in [5.41, 5.74) is 2.25. The molecule has 112 valence electrons. The zero-order chi connectivity index (χ0) is 15.4.